The van der Waals surface area contributed by atoms with E-state index in [4.69, 9.17) is 9.47 Å². The maximum atomic E-state index is 11.6. The average molecular weight is 292 g/mol. The maximum Gasteiger partial charge on any atom is 0.320 e. The molecule has 0 unspecified atom stereocenters. The smallest absolute Gasteiger partial charge is 0.320 e. The van der Waals surface area contributed by atoms with Crippen molar-refractivity contribution in [3.63, 3.8) is 0 Å². The van der Waals surface area contributed by atoms with E-state index in [0.29, 0.717) is 19.7 Å². The van der Waals surface area contributed by atoms with Crippen LogP contribution < -0.4 is 4.74 Å². The van der Waals surface area contributed by atoms with Gasteiger partial charge < -0.3 is 9.47 Å². The molecule has 0 saturated carbocycles. The van der Waals surface area contributed by atoms with Gasteiger partial charge in [0.15, 0.2) is 0 Å². The van der Waals surface area contributed by atoms with Crippen LogP contribution in [0.4, 0.5) is 0 Å². The molecule has 5 nitrogen and oxygen atoms in total. The van der Waals surface area contributed by atoms with Crippen molar-refractivity contribution >= 4 is 5.97 Å². The van der Waals surface area contributed by atoms with Gasteiger partial charge in [-0.15, -0.1) is 6.58 Å². The minimum absolute atomic E-state index is 0.219. The number of aryl methyl sites for hydroxylation is 1. The van der Waals surface area contributed by atoms with Gasteiger partial charge in [-0.3, -0.25) is 14.7 Å². The third-order valence-corrected chi connectivity index (χ3v) is 3.17. The van der Waals surface area contributed by atoms with Crippen LogP contribution in [0.3, 0.4) is 0 Å². The van der Waals surface area contributed by atoms with Crippen LogP contribution in [0, 0.1) is 13.8 Å². The van der Waals surface area contributed by atoms with Gasteiger partial charge in [-0.1, -0.05) is 6.08 Å². The molecule has 0 saturated heterocycles. The van der Waals surface area contributed by atoms with E-state index in [1.165, 1.54) is 0 Å². The van der Waals surface area contributed by atoms with Crippen LogP contribution in [0.5, 0.6) is 5.75 Å². The molecule has 0 aromatic carbocycles. The highest BCUT2D eigenvalue weighted by atomic mass is 16.5. The highest BCUT2D eigenvalue weighted by Gasteiger charge is 2.15. The molecule has 1 aromatic heterocycles. The minimum Gasteiger partial charge on any atom is -0.496 e. The van der Waals surface area contributed by atoms with E-state index in [0.717, 1.165) is 22.6 Å². The quantitative estimate of drug-likeness (QED) is 0.543. The van der Waals surface area contributed by atoms with Crippen LogP contribution in [0.1, 0.15) is 23.7 Å². The van der Waals surface area contributed by atoms with Gasteiger partial charge in [0, 0.05) is 30.4 Å². The summed E-state index contributed by atoms with van der Waals surface area (Å²) < 4.78 is 10.4. The monoisotopic (exact) mass is 292 g/mol. The summed E-state index contributed by atoms with van der Waals surface area (Å²) in [5, 5.41) is 0. The zero-order valence-electron chi connectivity index (χ0n) is 13.3. The summed E-state index contributed by atoms with van der Waals surface area (Å²) in [6.45, 7) is 11.2. The van der Waals surface area contributed by atoms with E-state index < -0.39 is 0 Å². The first-order valence-electron chi connectivity index (χ1n) is 7.01. The molecule has 1 heterocycles. The Labute approximate surface area is 126 Å². The van der Waals surface area contributed by atoms with Crippen LogP contribution >= 0.6 is 0 Å². The predicted octanol–water partition coefficient (Wildman–Crippen LogP) is 2.26. The lowest BCUT2D eigenvalue weighted by Crippen LogP contribution is -2.31. The standard InChI is InChI=1S/C16H24N2O3/c1-6-8-18(11-15(19)21-7-2)10-14-13(4)16(20-5)12(3)9-17-14/h6,9H,1,7-8,10-11H2,2-5H3. The molecule has 0 spiro atoms. The molecule has 1 aromatic rings. The van der Waals surface area contributed by atoms with Crippen molar-refractivity contribution in [2.45, 2.75) is 27.3 Å². The van der Waals surface area contributed by atoms with Gasteiger partial charge in [-0.25, -0.2) is 0 Å². The average Bonchev–Trinajstić information content (AvgIpc) is 2.43. The number of methoxy groups -OCH3 is 1. The molecule has 1 rings (SSSR count). The molecule has 0 fully saturated rings. The number of rotatable bonds is 8. The number of nitrogens with zero attached hydrogens (tertiary/aromatic N) is 2. The summed E-state index contributed by atoms with van der Waals surface area (Å²) in [6, 6.07) is 0. The van der Waals surface area contributed by atoms with Crippen molar-refractivity contribution in [1.82, 2.24) is 9.88 Å². The van der Waals surface area contributed by atoms with Crippen molar-refractivity contribution in [2.75, 3.05) is 26.8 Å². The molecule has 0 N–H and O–H groups in total. The first-order valence-corrected chi connectivity index (χ1v) is 7.01. The van der Waals surface area contributed by atoms with E-state index in [2.05, 4.69) is 11.6 Å². The topological polar surface area (TPSA) is 51.7 Å². The van der Waals surface area contributed by atoms with Crippen LogP contribution in [0.2, 0.25) is 0 Å². The molecule has 0 aliphatic rings. The fourth-order valence-electron chi connectivity index (χ4n) is 2.20. The molecule has 0 bridgehead atoms. The lowest BCUT2D eigenvalue weighted by Gasteiger charge is -2.21. The van der Waals surface area contributed by atoms with Crippen LogP contribution in [0.25, 0.3) is 0 Å². The third-order valence-electron chi connectivity index (χ3n) is 3.17. The normalized spacial score (nSPS) is 10.5. The van der Waals surface area contributed by atoms with Crippen molar-refractivity contribution in [2.24, 2.45) is 0 Å². The van der Waals surface area contributed by atoms with Gasteiger partial charge in [0.1, 0.15) is 5.75 Å². The number of carbonyl (C=O) groups excluding carboxylic acids is 1. The van der Waals surface area contributed by atoms with E-state index in [1.807, 2.05) is 18.7 Å². The second kappa shape index (κ2) is 8.42. The largest absolute Gasteiger partial charge is 0.496 e. The van der Waals surface area contributed by atoms with Gasteiger partial charge in [0.05, 0.1) is 26.0 Å². The number of carbonyl (C=O) groups is 1. The molecule has 21 heavy (non-hydrogen) atoms. The number of aromatic nitrogens is 1. The molecular weight excluding hydrogens is 268 g/mol. The van der Waals surface area contributed by atoms with Crippen molar-refractivity contribution in [3.05, 3.63) is 35.7 Å². The van der Waals surface area contributed by atoms with Crippen molar-refractivity contribution in [3.8, 4) is 5.75 Å². The molecule has 0 aliphatic carbocycles. The molecule has 116 valence electrons. The zero-order chi connectivity index (χ0) is 15.8. The molecule has 0 amide bonds. The Morgan fingerprint density at radius 3 is 2.76 bits per heavy atom. The Morgan fingerprint density at radius 2 is 2.19 bits per heavy atom. The molecule has 0 radical (unpaired) electrons. The highest BCUT2D eigenvalue weighted by molar-refractivity contribution is 5.71. The van der Waals surface area contributed by atoms with Crippen LogP contribution in [0.15, 0.2) is 18.9 Å². The molecule has 0 atom stereocenters. The van der Waals surface area contributed by atoms with E-state index >= 15 is 0 Å². The zero-order valence-corrected chi connectivity index (χ0v) is 13.3. The number of esters is 1. The summed E-state index contributed by atoms with van der Waals surface area (Å²) in [4.78, 5) is 18.0. The summed E-state index contributed by atoms with van der Waals surface area (Å²) in [6.07, 6.45) is 3.55. The van der Waals surface area contributed by atoms with Gasteiger partial charge in [0.25, 0.3) is 0 Å². The van der Waals surface area contributed by atoms with Crippen molar-refractivity contribution < 1.29 is 14.3 Å². The first kappa shape index (κ1) is 17.2. The van der Waals surface area contributed by atoms with Gasteiger partial charge in [-0.2, -0.15) is 0 Å². The van der Waals surface area contributed by atoms with Gasteiger partial charge in [-0.05, 0) is 20.8 Å². The fraction of sp³-hybridized carbons (Fsp3) is 0.500. The predicted molar refractivity (Wildman–Crippen MR) is 82.4 cm³/mol. The van der Waals surface area contributed by atoms with E-state index in [1.54, 1.807) is 26.3 Å². The first-order chi connectivity index (χ1) is 10.0. The molecule has 5 heteroatoms. The third kappa shape index (κ3) is 4.86. The van der Waals surface area contributed by atoms with Gasteiger partial charge in [0.2, 0.25) is 0 Å². The summed E-state index contributed by atoms with van der Waals surface area (Å²) in [5.74, 6) is 0.603. The van der Waals surface area contributed by atoms with E-state index in [-0.39, 0.29) is 12.5 Å². The minimum atomic E-state index is -0.240. The Kier molecular flexibility index (Phi) is 6.88. The Hall–Kier alpha value is -1.88. The molecule has 0 aliphatic heterocycles. The highest BCUT2D eigenvalue weighted by Crippen LogP contribution is 2.24. The number of pyridine rings is 1. The van der Waals surface area contributed by atoms with Crippen LogP contribution in [-0.4, -0.2) is 42.7 Å². The Morgan fingerprint density at radius 1 is 1.48 bits per heavy atom. The number of ether oxygens (including phenoxy) is 2. The van der Waals surface area contributed by atoms with Gasteiger partial charge >= 0.3 is 5.97 Å². The molecular formula is C16H24N2O3. The summed E-state index contributed by atoms with van der Waals surface area (Å²) in [7, 11) is 1.65. The lowest BCUT2D eigenvalue weighted by atomic mass is 10.1. The second-order valence-electron chi connectivity index (χ2n) is 4.81. The van der Waals surface area contributed by atoms with Crippen LogP contribution in [-0.2, 0) is 16.1 Å². The van der Waals surface area contributed by atoms with E-state index in [9.17, 15) is 4.79 Å². The fourth-order valence-corrected chi connectivity index (χ4v) is 2.20. The summed E-state index contributed by atoms with van der Waals surface area (Å²) >= 11 is 0. The second-order valence-corrected chi connectivity index (χ2v) is 4.81. The lowest BCUT2D eigenvalue weighted by molar-refractivity contribution is -0.144. The number of hydrogen-bond donors (Lipinski definition) is 0. The summed E-state index contributed by atoms with van der Waals surface area (Å²) in [5.41, 5.74) is 2.89. The maximum absolute atomic E-state index is 11.6. The number of hydrogen-bond acceptors (Lipinski definition) is 5. The van der Waals surface area contributed by atoms with Crippen molar-refractivity contribution in [1.29, 1.82) is 0 Å². The SMILES string of the molecule is C=CCN(CC(=O)OCC)Cc1ncc(C)c(OC)c1C. The Balaban J connectivity index is 2.88. The Bertz CT molecular complexity index is 501.